The van der Waals surface area contributed by atoms with E-state index >= 15 is 4.79 Å². The summed E-state index contributed by atoms with van der Waals surface area (Å²) in [5, 5.41) is 143. The van der Waals surface area contributed by atoms with Gasteiger partial charge in [0.25, 0.3) is 0 Å². The minimum Gasteiger partial charge on any atom is -0.463 e. The third kappa shape index (κ3) is 10.5. The van der Waals surface area contributed by atoms with Crippen LogP contribution in [0, 0.1) is 50.2 Å². The van der Waals surface area contributed by atoms with E-state index in [1.807, 2.05) is 0 Å². The lowest BCUT2D eigenvalue weighted by Crippen LogP contribution is -2.71. The largest absolute Gasteiger partial charge is 0.463 e. The van der Waals surface area contributed by atoms with Gasteiger partial charge in [-0.3, -0.25) is 14.4 Å². The summed E-state index contributed by atoms with van der Waals surface area (Å²) in [5.41, 5.74) is -4.97. The number of allylic oxidation sites excluding steroid dienone is 2. The maximum atomic E-state index is 16.1. The summed E-state index contributed by atoms with van der Waals surface area (Å²) >= 11 is 0. The zero-order chi connectivity index (χ0) is 60.1. The van der Waals surface area contributed by atoms with Crippen LogP contribution >= 0.6 is 0 Å². The number of rotatable bonds is 15. The van der Waals surface area contributed by atoms with Gasteiger partial charge in [-0.05, 0) is 90.8 Å². The van der Waals surface area contributed by atoms with Crippen LogP contribution in [0.25, 0.3) is 0 Å². The molecule has 0 bridgehead atoms. The molecule has 9 aliphatic rings. The Morgan fingerprint density at radius 2 is 1.15 bits per heavy atom. The molecule has 0 aromatic carbocycles. The summed E-state index contributed by atoms with van der Waals surface area (Å²) in [6.07, 6.45) is -29.0. The molecule has 13 N–H and O–H groups in total. The van der Waals surface area contributed by atoms with Crippen molar-refractivity contribution in [1.29, 1.82) is 0 Å². The van der Waals surface area contributed by atoms with Gasteiger partial charge in [0.15, 0.2) is 25.0 Å². The molecule has 0 unspecified atom stereocenters. The Balaban J connectivity index is 1.14. The fraction of sp³-hybridized carbons (Fsp3) is 0.911. The highest BCUT2D eigenvalue weighted by Gasteiger charge is 2.74. The maximum absolute atomic E-state index is 16.1. The van der Waals surface area contributed by atoms with Crippen LogP contribution in [0.4, 0.5) is 0 Å². The topological polar surface area (TPSA) is 407 Å². The van der Waals surface area contributed by atoms with E-state index in [1.165, 1.54) is 0 Å². The monoisotopic (exact) mass is 1180 g/mol. The fourth-order valence-electron chi connectivity index (χ4n) is 16.8. The van der Waals surface area contributed by atoms with E-state index in [2.05, 4.69) is 40.7 Å². The predicted octanol–water partition coefficient (Wildman–Crippen LogP) is -2.70. The molecule has 82 heavy (non-hydrogen) atoms. The van der Waals surface area contributed by atoms with Crippen LogP contribution in [0.15, 0.2) is 11.6 Å². The molecular weight excluding hydrogens is 1090 g/mol. The van der Waals surface area contributed by atoms with Crippen molar-refractivity contribution in [2.75, 3.05) is 33.0 Å². The average Bonchev–Trinajstić information content (AvgIpc) is 0.888. The maximum Gasteiger partial charge on any atom is 0.317 e. The van der Waals surface area contributed by atoms with Gasteiger partial charge in [0.2, 0.25) is 6.29 Å². The van der Waals surface area contributed by atoms with Crippen LogP contribution in [-0.4, -0.2) is 246 Å². The number of aliphatic hydroxyl groups excluding tert-OH is 13. The number of hydrogen-bond acceptors (Lipinski definition) is 26. The van der Waals surface area contributed by atoms with Crippen LogP contribution in [0.2, 0.25) is 0 Å². The van der Waals surface area contributed by atoms with Crippen molar-refractivity contribution < 1.29 is 128 Å². The molecule has 26 nitrogen and oxygen atoms in total. The third-order valence-electron chi connectivity index (χ3n) is 21.4. The zero-order valence-electron chi connectivity index (χ0n) is 47.7. The number of carbonyl (C=O) groups excluding carboxylic acids is 3. The number of ether oxygens (including phenoxy) is 10. The quantitative estimate of drug-likeness (QED) is 0.0343. The van der Waals surface area contributed by atoms with Gasteiger partial charge in [0.05, 0.1) is 44.7 Å². The molecule has 29 atom stereocenters. The molecule has 468 valence electrons. The first kappa shape index (κ1) is 63.8. The Morgan fingerprint density at radius 3 is 1.74 bits per heavy atom. The molecule has 0 aromatic heterocycles. The van der Waals surface area contributed by atoms with E-state index in [1.54, 1.807) is 6.92 Å². The smallest absolute Gasteiger partial charge is 0.317 e. The summed E-state index contributed by atoms with van der Waals surface area (Å²) in [7, 11) is 0. The summed E-state index contributed by atoms with van der Waals surface area (Å²) in [6.45, 7) is 11.2. The summed E-state index contributed by atoms with van der Waals surface area (Å²) in [5.74, 6) is -3.84. The van der Waals surface area contributed by atoms with Crippen molar-refractivity contribution in [3.05, 3.63) is 11.6 Å². The SMILES string of the molecule is CC(=O)OC[C@H]1O[C@H](OC(=O)[C@]23CCC(C)(C)C[C@H]2C2=CC[C@@H]4[C@@]5(C)C[C@H](O)[C@H](O[C@@H]6O[C@H](CO)[C@@H](O)[C@H](O)[C@H]6O)[C@@](C)(CO)[C@@H]5CC[C@@]4(C)[C@]2(C)C[C@H]3O[C@@H]2O[C@H](CO)[C@@H](O)[C@H](O)[C@H]2O[C@H]2O[C@H](CO)[C@@H](O)[C@@H]2O)[C@@H](OC(C)=O)[C@@H]1O. The number of fused-ring (bicyclic) bond motifs is 7. The first-order valence-corrected chi connectivity index (χ1v) is 28.8. The lowest BCUT2D eigenvalue weighted by Gasteiger charge is -2.72. The highest BCUT2D eigenvalue weighted by molar-refractivity contribution is 5.80. The molecule has 0 amide bonds. The minimum absolute atomic E-state index is 0.000743. The van der Waals surface area contributed by atoms with E-state index in [0.29, 0.717) is 32.1 Å². The minimum atomic E-state index is -1.93. The molecule has 4 saturated heterocycles. The van der Waals surface area contributed by atoms with E-state index in [-0.39, 0.29) is 31.1 Å². The Kier molecular flexibility index (Phi) is 18.3. The number of carbonyl (C=O) groups is 3. The van der Waals surface area contributed by atoms with Gasteiger partial charge >= 0.3 is 17.9 Å². The van der Waals surface area contributed by atoms with Gasteiger partial charge in [-0.15, -0.1) is 0 Å². The lowest BCUT2D eigenvalue weighted by molar-refractivity contribution is -0.358. The Morgan fingerprint density at radius 1 is 0.573 bits per heavy atom. The van der Waals surface area contributed by atoms with Gasteiger partial charge < -0.3 is 114 Å². The molecule has 5 aliphatic carbocycles. The molecule has 0 aromatic rings. The van der Waals surface area contributed by atoms with Crippen molar-refractivity contribution in [2.24, 2.45) is 50.2 Å². The first-order valence-electron chi connectivity index (χ1n) is 28.8. The first-order chi connectivity index (χ1) is 38.4. The van der Waals surface area contributed by atoms with Crippen LogP contribution in [-0.2, 0) is 61.8 Å². The predicted molar refractivity (Wildman–Crippen MR) is 274 cm³/mol. The number of hydrogen-bond donors (Lipinski definition) is 13. The lowest BCUT2D eigenvalue weighted by atomic mass is 9.33. The Hall–Kier alpha value is -2.65. The number of esters is 3. The molecule has 4 heterocycles. The highest BCUT2D eigenvalue weighted by atomic mass is 16.8. The zero-order valence-corrected chi connectivity index (χ0v) is 47.7. The van der Waals surface area contributed by atoms with E-state index in [0.717, 1.165) is 19.4 Å². The van der Waals surface area contributed by atoms with Crippen molar-refractivity contribution in [3.63, 3.8) is 0 Å². The normalized spacial score (nSPS) is 51.6. The van der Waals surface area contributed by atoms with Gasteiger partial charge in [-0.25, -0.2) is 0 Å². The molecule has 4 aliphatic heterocycles. The van der Waals surface area contributed by atoms with Gasteiger partial charge in [0.1, 0.15) is 91.4 Å². The average molecular weight is 1180 g/mol. The van der Waals surface area contributed by atoms with Crippen molar-refractivity contribution in [2.45, 2.75) is 236 Å². The van der Waals surface area contributed by atoms with Crippen LogP contribution < -0.4 is 0 Å². The fourth-order valence-corrected chi connectivity index (χ4v) is 16.8. The second-order valence-corrected chi connectivity index (χ2v) is 26.6. The Labute approximate surface area is 475 Å². The third-order valence-corrected chi connectivity index (χ3v) is 21.4. The second kappa shape index (κ2) is 23.5. The summed E-state index contributed by atoms with van der Waals surface area (Å²) in [4.78, 5) is 40.5. The highest BCUT2D eigenvalue weighted by Crippen LogP contribution is 2.76. The van der Waals surface area contributed by atoms with Gasteiger partial charge in [0, 0.05) is 19.3 Å². The van der Waals surface area contributed by atoms with Crippen LogP contribution in [0.5, 0.6) is 0 Å². The van der Waals surface area contributed by atoms with E-state index < -0.39 is 218 Å². The molecule has 26 heteroatoms. The van der Waals surface area contributed by atoms with Gasteiger partial charge in [-0.2, -0.15) is 0 Å². The van der Waals surface area contributed by atoms with Crippen molar-refractivity contribution in [3.8, 4) is 0 Å². The van der Waals surface area contributed by atoms with Crippen molar-refractivity contribution >= 4 is 17.9 Å². The molecule has 0 radical (unpaired) electrons. The van der Waals surface area contributed by atoms with E-state index in [4.69, 9.17) is 47.4 Å². The standard InChI is InChI=1S/C56H88O26/c1-23(61)73-21-31-38(67)43(74-24(2)62)49(78-31)82-50(72)56-14-13-51(3,4)15-26(56)25-9-10-33-52(5)16-27(63)45(81-47-42(71)39(68)35(64)28(18-57)76-47)53(6,22-60)32(52)11-12-54(33,7)55(25,8)17-34(56)79-48-44(40(69)36(65)29(19-58)77-48)80-46-41(70)37(66)30(20-59)75-46/h9,26-49,57-60,63-71H,10-22H2,1-8H3/t26-,27-,28+,29+,30+,31+,32+,33+,34+,35+,36+,37+,38+,39-,40-,41-,42+,43-,44+,45-,46+,47-,48-,49+,52-,53-,54+,55+,56+/m0/s1. The molecule has 9 rings (SSSR count). The van der Waals surface area contributed by atoms with Gasteiger partial charge in [-0.1, -0.05) is 53.2 Å². The van der Waals surface area contributed by atoms with Crippen LogP contribution in [0.3, 0.4) is 0 Å². The van der Waals surface area contributed by atoms with E-state index in [9.17, 15) is 76.0 Å². The van der Waals surface area contributed by atoms with Crippen LogP contribution in [0.1, 0.15) is 107 Å². The molecule has 4 saturated carbocycles. The summed E-state index contributed by atoms with van der Waals surface area (Å²) in [6, 6.07) is 0. The summed E-state index contributed by atoms with van der Waals surface area (Å²) < 4.78 is 60.5. The molecule has 8 fully saturated rings. The number of aliphatic hydroxyl groups is 13. The Bertz CT molecular complexity index is 2340. The molecule has 0 spiro atoms. The second-order valence-electron chi connectivity index (χ2n) is 26.6. The van der Waals surface area contributed by atoms with Crippen molar-refractivity contribution in [1.82, 2.24) is 0 Å². The molecular formula is C56H88O26.